The first-order valence-corrected chi connectivity index (χ1v) is 21.7. The van der Waals surface area contributed by atoms with Crippen LogP contribution < -0.4 is 14.8 Å². The van der Waals surface area contributed by atoms with Gasteiger partial charge in [0.1, 0.15) is 24.1 Å². The number of carbonyl (C=O) groups excluding carboxylic acids is 2. The van der Waals surface area contributed by atoms with Gasteiger partial charge in [0.15, 0.2) is 0 Å². The minimum atomic E-state index is -1.46. The van der Waals surface area contributed by atoms with Gasteiger partial charge >= 0.3 is 12.2 Å². The van der Waals surface area contributed by atoms with Crippen LogP contribution in [0.25, 0.3) is 0 Å². The van der Waals surface area contributed by atoms with E-state index >= 15 is 0 Å². The zero-order valence-electron chi connectivity index (χ0n) is 35.1. The average molecular weight is 834 g/mol. The molecule has 4 aliphatic rings. The molecule has 3 N–H and O–H groups in total. The van der Waals surface area contributed by atoms with Gasteiger partial charge in [0, 0.05) is 51.1 Å². The maximum absolute atomic E-state index is 14.1. The van der Waals surface area contributed by atoms with Crippen LogP contribution in [0.15, 0.2) is 78.0 Å². The molecule has 2 fully saturated rings. The molecule has 7 unspecified atom stereocenters. The second kappa shape index (κ2) is 22.4. The van der Waals surface area contributed by atoms with Crippen molar-refractivity contribution in [2.75, 3.05) is 53.2 Å². The highest BCUT2D eigenvalue weighted by atomic mass is 16.8. The number of aliphatic hydroxyl groups is 2. The Hall–Kier alpha value is -4.47. The monoisotopic (exact) mass is 833 g/mol. The lowest BCUT2D eigenvalue weighted by Crippen LogP contribution is -2.69. The smallest absolute Gasteiger partial charge is 0.412 e. The standard InChI is InChI=1S/C46H63N3O11/c1-4-24-57-46-40(49(3)45(53)56-27-26-54-31-32-15-7-6-8-16-32)30-38(48-60-41-19-11-14-25-55-41)36-28-33(17-9-12-22-50)35(18-10-13-23-51)42(43(36)46)37-29-34(20-21-39(37)59-46)58-44(52)47-5-2/h4,6-8,15-16,20-21,28-29,33,35,40-43,50-51H,1,5,9-14,17-19,22-27,30-31H2,2-3H3,(H,47,52). The van der Waals surface area contributed by atoms with Gasteiger partial charge in [-0.15, -0.1) is 6.58 Å². The Kier molecular flexibility index (Phi) is 16.8. The van der Waals surface area contributed by atoms with Gasteiger partial charge in [-0.05, 0) is 86.6 Å². The minimum absolute atomic E-state index is 0.000292. The molecule has 2 aliphatic heterocycles. The molecule has 0 bridgehead atoms. The highest BCUT2D eigenvalue weighted by Gasteiger charge is 2.65. The van der Waals surface area contributed by atoms with Gasteiger partial charge in [0.2, 0.25) is 12.1 Å². The summed E-state index contributed by atoms with van der Waals surface area (Å²) in [6, 6.07) is 14.4. The van der Waals surface area contributed by atoms with Crippen molar-refractivity contribution in [2.45, 2.75) is 102 Å². The number of amides is 2. The summed E-state index contributed by atoms with van der Waals surface area (Å²) in [5, 5.41) is 27.3. The number of nitrogens with one attached hydrogen (secondary N) is 1. The lowest BCUT2D eigenvalue weighted by atomic mass is 9.55. The van der Waals surface area contributed by atoms with Crippen molar-refractivity contribution >= 4 is 17.9 Å². The number of fused-ring (bicyclic) bond motifs is 2. The number of nitrogens with zero attached hydrogens (tertiary/aromatic N) is 2. The molecule has 328 valence electrons. The number of unbranched alkanes of at least 4 members (excludes halogenated alkanes) is 2. The first kappa shape index (κ1) is 45.1. The second-order valence-corrected chi connectivity index (χ2v) is 15.9. The normalized spacial score (nSPS) is 26.1. The maximum Gasteiger partial charge on any atom is 0.412 e. The number of allylic oxidation sites excluding steroid dienone is 1. The molecule has 1 saturated carbocycles. The molecule has 0 spiro atoms. The summed E-state index contributed by atoms with van der Waals surface area (Å²) in [7, 11) is 1.69. The molecule has 14 heteroatoms. The third kappa shape index (κ3) is 10.9. The summed E-state index contributed by atoms with van der Waals surface area (Å²) >= 11 is 0. The first-order chi connectivity index (χ1) is 29.3. The number of hydrogen-bond donors (Lipinski definition) is 3. The third-order valence-electron chi connectivity index (χ3n) is 11.9. The van der Waals surface area contributed by atoms with Crippen molar-refractivity contribution in [1.29, 1.82) is 0 Å². The average Bonchev–Trinajstić information content (AvgIpc) is 3.26. The van der Waals surface area contributed by atoms with Crippen molar-refractivity contribution in [3.05, 3.63) is 84.0 Å². The van der Waals surface area contributed by atoms with E-state index in [4.69, 9.17) is 38.4 Å². The van der Waals surface area contributed by atoms with Crippen molar-refractivity contribution in [3.63, 3.8) is 0 Å². The van der Waals surface area contributed by atoms with Crippen LogP contribution in [0.3, 0.4) is 0 Å². The summed E-state index contributed by atoms with van der Waals surface area (Å²) in [6.07, 6.45) is 9.53. The lowest BCUT2D eigenvalue weighted by molar-refractivity contribution is -0.254. The molecule has 14 nitrogen and oxygen atoms in total. The number of likely N-dealkylation sites (N-methyl/N-ethyl adjacent to an activating group) is 1. The Labute approximate surface area is 353 Å². The van der Waals surface area contributed by atoms with Crippen LogP contribution in [0.1, 0.15) is 88.2 Å². The van der Waals surface area contributed by atoms with E-state index in [0.29, 0.717) is 56.2 Å². The molecule has 7 atom stereocenters. The largest absolute Gasteiger partial charge is 0.459 e. The predicted octanol–water partition coefficient (Wildman–Crippen LogP) is 7.24. The Morgan fingerprint density at radius 3 is 2.58 bits per heavy atom. The molecule has 2 aliphatic carbocycles. The summed E-state index contributed by atoms with van der Waals surface area (Å²) < 4.78 is 37.4. The number of benzene rings is 2. The van der Waals surface area contributed by atoms with Gasteiger partial charge in [-0.2, -0.15) is 0 Å². The molecule has 6 rings (SSSR count). The topological polar surface area (TPSA) is 167 Å². The van der Waals surface area contributed by atoms with E-state index in [-0.39, 0.29) is 57.2 Å². The SMILES string of the molecule is C=CCOC12Oc3ccc(OC(=O)NCC)cc3C3C(CCCCO)C(CCCCO)C=C(C(=NOC4CCCCO4)CC1N(C)C(=O)OCCOCc1ccccc1)C32. The van der Waals surface area contributed by atoms with Crippen molar-refractivity contribution in [2.24, 2.45) is 22.9 Å². The molecule has 60 heavy (non-hydrogen) atoms. The van der Waals surface area contributed by atoms with E-state index in [1.165, 1.54) is 4.90 Å². The fourth-order valence-electron chi connectivity index (χ4n) is 9.18. The van der Waals surface area contributed by atoms with Crippen LogP contribution in [0.5, 0.6) is 11.5 Å². The van der Waals surface area contributed by atoms with E-state index in [2.05, 4.69) is 18.0 Å². The van der Waals surface area contributed by atoms with E-state index < -0.39 is 36.2 Å². The molecule has 0 radical (unpaired) electrons. The fourth-order valence-corrected chi connectivity index (χ4v) is 9.18. The molecule has 2 aromatic carbocycles. The quantitative estimate of drug-likeness (QED) is 0.0659. The zero-order valence-corrected chi connectivity index (χ0v) is 35.1. The van der Waals surface area contributed by atoms with Gasteiger partial charge in [-0.25, -0.2) is 9.59 Å². The number of hydrogen-bond acceptors (Lipinski definition) is 12. The predicted molar refractivity (Wildman–Crippen MR) is 225 cm³/mol. The molecular weight excluding hydrogens is 771 g/mol. The number of oxime groups is 1. The van der Waals surface area contributed by atoms with Crippen molar-refractivity contribution in [3.8, 4) is 11.5 Å². The Bertz CT molecular complexity index is 1770. The fraction of sp³-hybridized carbons (Fsp3) is 0.587. The Morgan fingerprint density at radius 2 is 1.85 bits per heavy atom. The second-order valence-electron chi connectivity index (χ2n) is 15.9. The summed E-state index contributed by atoms with van der Waals surface area (Å²) in [5.41, 5.74) is 3.39. The lowest BCUT2D eigenvalue weighted by Gasteiger charge is -2.59. The number of carbonyl (C=O) groups is 2. The van der Waals surface area contributed by atoms with Gasteiger partial charge in [0.25, 0.3) is 0 Å². The Balaban J connectivity index is 1.44. The van der Waals surface area contributed by atoms with Crippen LogP contribution >= 0.6 is 0 Å². The van der Waals surface area contributed by atoms with Crippen LogP contribution in [-0.2, 0) is 30.4 Å². The number of rotatable bonds is 21. The summed E-state index contributed by atoms with van der Waals surface area (Å²) in [4.78, 5) is 34.5. The first-order valence-electron chi connectivity index (χ1n) is 21.7. The van der Waals surface area contributed by atoms with Gasteiger partial charge in [0.05, 0.1) is 38.1 Å². The van der Waals surface area contributed by atoms with E-state index in [0.717, 1.165) is 55.2 Å². The van der Waals surface area contributed by atoms with Crippen molar-refractivity contribution in [1.82, 2.24) is 10.2 Å². The molecule has 2 aromatic rings. The molecule has 1 saturated heterocycles. The molecule has 2 amide bonds. The minimum Gasteiger partial charge on any atom is -0.459 e. The number of aliphatic hydroxyl groups excluding tert-OH is 2. The maximum atomic E-state index is 14.1. The van der Waals surface area contributed by atoms with Gasteiger partial charge in [-0.1, -0.05) is 60.5 Å². The van der Waals surface area contributed by atoms with E-state index in [1.807, 2.05) is 43.3 Å². The van der Waals surface area contributed by atoms with Crippen LogP contribution in [0, 0.1) is 17.8 Å². The Morgan fingerprint density at radius 1 is 1.05 bits per heavy atom. The van der Waals surface area contributed by atoms with E-state index in [9.17, 15) is 19.8 Å². The van der Waals surface area contributed by atoms with Crippen LogP contribution in [0.4, 0.5) is 9.59 Å². The van der Waals surface area contributed by atoms with Gasteiger partial charge < -0.3 is 53.7 Å². The van der Waals surface area contributed by atoms with Gasteiger partial charge in [-0.3, -0.25) is 0 Å². The molecular formula is C46H63N3O11. The molecule has 2 heterocycles. The summed E-state index contributed by atoms with van der Waals surface area (Å²) in [5.74, 6) is -1.34. The highest BCUT2D eigenvalue weighted by molar-refractivity contribution is 6.03. The number of ether oxygens (including phenoxy) is 6. The highest BCUT2D eigenvalue weighted by Crippen LogP contribution is 2.61. The third-order valence-corrected chi connectivity index (χ3v) is 11.9. The zero-order chi connectivity index (χ0) is 42.3. The van der Waals surface area contributed by atoms with Crippen LogP contribution in [-0.4, -0.2) is 104 Å². The summed E-state index contributed by atoms with van der Waals surface area (Å²) in [6.45, 7) is 7.69. The van der Waals surface area contributed by atoms with Crippen molar-refractivity contribution < 1.29 is 53.1 Å². The van der Waals surface area contributed by atoms with Crippen LogP contribution in [0.2, 0.25) is 0 Å². The molecule has 0 aromatic heterocycles. The van der Waals surface area contributed by atoms with E-state index in [1.54, 1.807) is 25.3 Å².